The molecule has 1 aliphatic heterocycles. The molecule has 0 unspecified atom stereocenters. The number of rotatable bonds is 5. The molecule has 0 aromatic heterocycles. The van der Waals surface area contributed by atoms with Crippen molar-refractivity contribution in [3.63, 3.8) is 0 Å². The number of aliphatic hydroxyl groups is 1. The Morgan fingerprint density at radius 2 is 1.86 bits per heavy atom. The summed E-state index contributed by atoms with van der Waals surface area (Å²) in [6, 6.07) is 0. The molecule has 1 heterocycles. The highest BCUT2D eigenvalue weighted by Gasteiger charge is 2.58. The third-order valence-corrected chi connectivity index (χ3v) is 11.0. The van der Waals surface area contributed by atoms with Crippen LogP contribution in [0.15, 0.2) is 11.6 Å². The van der Waals surface area contributed by atoms with Gasteiger partial charge in [-0.1, -0.05) is 38.8 Å². The van der Waals surface area contributed by atoms with Crippen molar-refractivity contribution in [2.24, 2.45) is 40.4 Å². The molecule has 2 nitrogen and oxygen atoms in total. The van der Waals surface area contributed by atoms with Crippen LogP contribution in [-0.4, -0.2) is 23.4 Å². The van der Waals surface area contributed by atoms with E-state index in [0.717, 1.165) is 49.0 Å². The van der Waals surface area contributed by atoms with Crippen LogP contribution in [0.5, 0.6) is 0 Å². The van der Waals surface area contributed by atoms with Crippen molar-refractivity contribution < 1.29 is 9.84 Å². The van der Waals surface area contributed by atoms with Crippen LogP contribution < -0.4 is 0 Å². The molecule has 5 aliphatic rings. The number of hydrogen-bond acceptors (Lipinski definition) is 2. The Balaban J connectivity index is 1.29. The second-order valence-electron chi connectivity index (χ2n) is 12.4. The summed E-state index contributed by atoms with van der Waals surface area (Å²) in [5.74, 6) is 4.38. The van der Waals surface area contributed by atoms with E-state index in [2.05, 4.69) is 33.8 Å². The van der Waals surface area contributed by atoms with Gasteiger partial charge in [0, 0.05) is 0 Å². The lowest BCUT2D eigenvalue weighted by Gasteiger charge is -2.58. The summed E-state index contributed by atoms with van der Waals surface area (Å²) in [6.45, 7) is 10.6. The standard InChI is InChI=1S/C27H44O2/c1-18(8-13-24(28)27(4)17-29-27)21-11-12-22-20-10-9-19-7-5-6-15-25(19,2)23(20)14-16-26(21,22)3/h9,18,20-24,28H,5-8,10-17H2,1-4H3/t18-,20+,21-,22+,23+,24-,25+,26-,27+/m1/s1. The van der Waals surface area contributed by atoms with Crippen LogP contribution in [0.1, 0.15) is 98.3 Å². The van der Waals surface area contributed by atoms with E-state index in [4.69, 9.17) is 4.74 Å². The lowest BCUT2D eigenvalue weighted by atomic mass is 9.47. The summed E-state index contributed by atoms with van der Waals surface area (Å²) in [4.78, 5) is 0. The van der Waals surface area contributed by atoms with E-state index in [1.807, 2.05) is 5.57 Å². The quantitative estimate of drug-likeness (QED) is 0.421. The number of epoxide rings is 1. The Kier molecular flexibility index (Phi) is 5.03. The smallest absolute Gasteiger partial charge is 0.115 e. The Morgan fingerprint density at radius 3 is 2.62 bits per heavy atom. The number of aliphatic hydroxyl groups excluding tert-OH is 1. The van der Waals surface area contributed by atoms with Crippen molar-refractivity contribution in [3.05, 3.63) is 11.6 Å². The molecular formula is C27H44O2. The third-order valence-electron chi connectivity index (χ3n) is 11.0. The average Bonchev–Trinajstić information content (AvgIpc) is 3.35. The molecule has 0 radical (unpaired) electrons. The van der Waals surface area contributed by atoms with Crippen molar-refractivity contribution in [2.45, 2.75) is 110 Å². The Bertz CT molecular complexity index is 663. The average molecular weight is 401 g/mol. The summed E-state index contributed by atoms with van der Waals surface area (Å²) >= 11 is 0. The van der Waals surface area contributed by atoms with Gasteiger partial charge in [0.2, 0.25) is 0 Å². The maximum absolute atomic E-state index is 10.5. The van der Waals surface area contributed by atoms with Crippen molar-refractivity contribution in [1.82, 2.24) is 0 Å². The number of ether oxygens (including phenoxy) is 1. The molecule has 3 saturated carbocycles. The molecule has 1 N–H and O–H groups in total. The van der Waals surface area contributed by atoms with E-state index in [-0.39, 0.29) is 11.7 Å². The maximum atomic E-state index is 10.5. The van der Waals surface area contributed by atoms with Crippen LogP contribution in [0.25, 0.3) is 0 Å². The molecule has 164 valence electrons. The Hall–Kier alpha value is -0.340. The molecule has 0 amide bonds. The molecule has 4 fully saturated rings. The van der Waals surface area contributed by atoms with Crippen LogP contribution in [0.4, 0.5) is 0 Å². The number of hydrogen-bond donors (Lipinski definition) is 1. The fourth-order valence-corrected chi connectivity index (χ4v) is 8.91. The Labute approximate surface area is 178 Å². The molecule has 5 rings (SSSR count). The molecule has 4 aliphatic carbocycles. The largest absolute Gasteiger partial charge is 0.390 e. The molecule has 0 bridgehead atoms. The van der Waals surface area contributed by atoms with Crippen LogP contribution in [-0.2, 0) is 4.74 Å². The van der Waals surface area contributed by atoms with Crippen LogP contribution in [0.3, 0.4) is 0 Å². The van der Waals surface area contributed by atoms with E-state index in [1.165, 1.54) is 57.8 Å². The van der Waals surface area contributed by atoms with Gasteiger partial charge in [-0.15, -0.1) is 0 Å². The first-order valence-corrected chi connectivity index (χ1v) is 12.8. The highest BCUT2D eigenvalue weighted by Crippen LogP contribution is 2.67. The third kappa shape index (κ3) is 3.18. The molecule has 1 saturated heterocycles. The van der Waals surface area contributed by atoms with Crippen molar-refractivity contribution >= 4 is 0 Å². The lowest BCUT2D eigenvalue weighted by molar-refractivity contribution is -0.0510. The van der Waals surface area contributed by atoms with Gasteiger partial charge >= 0.3 is 0 Å². The van der Waals surface area contributed by atoms with Gasteiger partial charge in [-0.3, -0.25) is 0 Å². The van der Waals surface area contributed by atoms with Gasteiger partial charge in [0.25, 0.3) is 0 Å². The fraction of sp³-hybridized carbons (Fsp3) is 0.926. The van der Waals surface area contributed by atoms with E-state index >= 15 is 0 Å². The van der Waals surface area contributed by atoms with E-state index in [1.54, 1.807) is 0 Å². The summed E-state index contributed by atoms with van der Waals surface area (Å²) in [6.07, 6.45) is 17.3. The second-order valence-corrected chi connectivity index (χ2v) is 12.4. The molecule has 9 atom stereocenters. The summed E-state index contributed by atoms with van der Waals surface area (Å²) < 4.78 is 5.48. The first-order chi connectivity index (χ1) is 13.8. The van der Waals surface area contributed by atoms with Crippen LogP contribution in [0, 0.1) is 40.4 Å². The minimum Gasteiger partial charge on any atom is -0.390 e. The maximum Gasteiger partial charge on any atom is 0.115 e. The van der Waals surface area contributed by atoms with E-state index < -0.39 is 0 Å². The van der Waals surface area contributed by atoms with Gasteiger partial charge < -0.3 is 9.84 Å². The minimum atomic E-state index is -0.279. The molecule has 0 spiro atoms. The number of allylic oxidation sites excluding steroid dienone is 2. The van der Waals surface area contributed by atoms with Crippen LogP contribution in [0.2, 0.25) is 0 Å². The monoisotopic (exact) mass is 400 g/mol. The zero-order valence-electron chi connectivity index (χ0n) is 19.4. The first-order valence-electron chi connectivity index (χ1n) is 12.8. The molecule has 2 heteroatoms. The highest BCUT2D eigenvalue weighted by molar-refractivity contribution is 5.24. The van der Waals surface area contributed by atoms with Gasteiger partial charge in [0.15, 0.2) is 0 Å². The summed E-state index contributed by atoms with van der Waals surface area (Å²) in [5, 5.41) is 10.5. The molecule has 0 aromatic rings. The zero-order chi connectivity index (χ0) is 20.4. The van der Waals surface area contributed by atoms with Crippen molar-refractivity contribution in [1.29, 1.82) is 0 Å². The molecule has 0 aromatic carbocycles. The van der Waals surface area contributed by atoms with Gasteiger partial charge in [0.1, 0.15) is 5.60 Å². The fourth-order valence-electron chi connectivity index (χ4n) is 8.91. The summed E-state index contributed by atoms with van der Waals surface area (Å²) in [7, 11) is 0. The Morgan fingerprint density at radius 1 is 1.07 bits per heavy atom. The lowest BCUT2D eigenvalue weighted by Crippen LogP contribution is -2.50. The highest BCUT2D eigenvalue weighted by atomic mass is 16.6. The zero-order valence-corrected chi connectivity index (χ0v) is 19.4. The van der Waals surface area contributed by atoms with Crippen molar-refractivity contribution in [2.75, 3.05) is 6.61 Å². The molecule has 29 heavy (non-hydrogen) atoms. The van der Waals surface area contributed by atoms with Crippen molar-refractivity contribution in [3.8, 4) is 0 Å². The van der Waals surface area contributed by atoms with Gasteiger partial charge in [-0.25, -0.2) is 0 Å². The first kappa shape index (κ1) is 20.6. The van der Waals surface area contributed by atoms with Crippen LogP contribution >= 0.6 is 0 Å². The predicted octanol–water partition coefficient (Wildman–Crippen LogP) is 6.52. The minimum absolute atomic E-state index is 0.235. The normalized spacial score (nSPS) is 50.7. The predicted molar refractivity (Wildman–Crippen MR) is 119 cm³/mol. The van der Waals surface area contributed by atoms with Gasteiger partial charge in [-0.2, -0.15) is 0 Å². The number of fused-ring (bicyclic) bond motifs is 5. The molecular weight excluding hydrogens is 356 g/mol. The van der Waals surface area contributed by atoms with E-state index in [0.29, 0.717) is 10.8 Å². The van der Waals surface area contributed by atoms with Gasteiger partial charge in [0.05, 0.1) is 12.7 Å². The topological polar surface area (TPSA) is 32.8 Å². The summed E-state index contributed by atoms with van der Waals surface area (Å²) in [5.41, 5.74) is 2.65. The second kappa shape index (κ2) is 7.09. The van der Waals surface area contributed by atoms with E-state index in [9.17, 15) is 5.11 Å². The SMILES string of the molecule is C[C@H](CC[C@@H](O)[C@]1(C)CO1)[C@H]1CC[C@H]2[C@@H]3CC=C4CCCC[C@]4(C)[C@H]3CC[C@]12C. The van der Waals surface area contributed by atoms with Gasteiger partial charge in [-0.05, 0) is 112 Å².